The van der Waals surface area contributed by atoms with Gasteiger partial charge in [-0.05, 0) is 34.5 Å². The lowest BCUT2D eigenvalue weighted by Crippen LogP contribution is -2.12. The summed E-state index contributed by atoms with van der Waals surface area (Å²) >= 11 is 6.17. The first-order valence-electron chi connectivity index (χ1n) is 5.97. The lowest BCUT2D eigenvalue weighted by atomic mass is 10.00. The molecule has 0 saturated carbocycles. The molecule has 18 heavy (non-hydrogen) atoms. The number of nitrogens with zero attached hydrogens (tertiary/aromatic N) is 4. The largest absolute Gasteiger partial charge is 0.493 e. The molecular weight excluding hydrogens is 252 g/mol. The molecule has 0 saturated heterocycles. The summed E-state index contributed by atoms with van der Waals surface area (Å²) in [5.74, 6) is 0.946. The minimum Gasteiger partial charge on any atom is -0.493 e. The van der Waals surface area contributed by atoms with Crippen molar-refractivity contribution in [3.63, 3.8) is 0 Å². The van der Waals surface area contributed by atoms with Crippen LogP contribution in [0.4, 0.5) is 0 Å². The van der Waals surface area contributed by atoms with Crippen molar-refractivity contribution in [1.29, 1.82) is 0 Å². The first-order chi connectivity index (χ1) is 8.79. The van der Waals surface area contributed by atoms with E-state index in [0.29, 0.717) is 6.61 Å². The quantitative estimate of drug-likeness (QED) is 0.853. The highest BCUT2D eigenvalue weighted by Crippen LogP contribution is 2.38. The van der Waals surface area contributed by atoms with Gasteiger partial charge in [-0.3, -0.25) is 0 Å². The van der Waals surface area contributed by atoms with Gasteiger partial charge in [0.2, 0.25) is 0 Å². The van der Waals surface area contributed by atoms with Crippen molar-refractivity contribution in [1.82, 2.24) is 20.2 Å². The van der Waals surface area contributed by atoms with Crippen LogP contribution >= 0.6 is 11.6 Å². The Bertz CT molecular complexity index is 555. The molecule has 1 atom stereocenters. The maximum absolute atomic E-state index is 6.17. The molecule has 1 aliphatic rings. The van der Waals surface area contributed by atoms with Crippen molar-refractivity contribution >= 4 is 11.6 Å². The predicted octanol–water partition coefficient (Wildman–Crippen LogP) is 2.26. The van der Waals surface area contributed by atoms with Gasteiger partial charge in [-0.15, -0.1) is 5.10 Å². The van der Waals surface area contributed by atoms with E-state index in [-0.39, 0.29) is 6.04 Å². The lowest BCUT2D eigenvalue weighted by molar-refractivity contribution is 0.346. The van der Waals surface area contributed by atoms with Crippen molar-refractivity contribution < 1.29 is 4.74 Å². The van der Waals surface area contributed by atoms with E-state index >= 15 is 0 Å². The Morgan fingerprint density at radius 2 is 2.39 bits per heavy atom. The van der Waals surface area contributed by atoms with Gasteiger partial charge < -0.3 is 4.74 Å². The van der Waals surface area contributed by atoms with Crippen molar-refractivity contribution in [2.75, 3.05) is 6.61 Å². The third-order valence-electron chi connectivity index (χ3n) is 3.21. The Hall–Kier alpha value is -1.62. The summed E-state index contributed by atoms with van der Waals surface area (Å²) in [6, 6.07) is 3.98. The van der Waals surface area contributed by atoms with Crippen LogP contribution in [-0.2, 0) is 6.42 Å². The van der Waals surface area contributed by atoms with E-state index in [1.807, 2.05) is 12.1 Å². The fraction of sp³-hybridized carbons (Fsp3) is 0.417. The molecular formula is C12H13ClN4O. The standard InChI is InChI=1S/C12H13ClN4O/c1-2-11(17-7-14-15-16-17)10-6-9(13)5-8-3-4-18-12(8)10/h5-7,11H,2-4H2,1H3. The maximum atomic E-state index is 6.17. The molecule has 2 heterocycles. The van der Waals surface area contributed by atoms with E-state index < -0.39 is 0 Å². The van der Waals surface area contributed by atoms with Crippen molar-refractivity contribution in [3.05, 3.63) is 34.6 Å². The number of hydrogen-bond acceptors (Lipinski definition) is 4. The molecule has 1 aromatic heterocycles. The third-order valence-corrected chi connectivity index (χ3v) is 3.43. The molecule has 2 aromatic rings. The summed E-state index contributed by atoms with van der Waals surface area (Å²) < 4.78 is 7.47. The molecule has 0 spiro atoms. The Morgan fingerprint density at radius 3 is 3.11 bits per heavy atom. The second kappa shape index (κ2) is 4.57. The van der Waals surface area contributed by atoms with Crippen molar-refractivity contribution in [2.24, 2.45) is 0 Å². The number of aromatic nitrogens is 4. The smallest absolute Gasteiger partial charge is 0.138 e. The Labute approximate surface area is 110 Å². The van der Waals surface area contributed by atoms with Crippen LogP contribution in [0.5, 0.6) is 5.75 Å². The van der Waals surface area contributed by atoms with E-state index in [4.69, 9.17) is 16.3 Å². The molecule has 0 N–H and O–H groups in total. The van der Waals surface area contributed by atoms with Crippen LogP contribution in [-0.4, -0.2) is 26.8 Å². The lowest BCUT2D eigenvalue weighted by Gasteiger charge is -2.18. The summed E-state index contributed by atoms with van der Waals surface area (Å²) in [4.78, 5) is 0. The van der Waals surface area contributed by atoms with Crippen LogP contribution in [0.1, 0.15) is 30.5 Å². The SMILES string of the molecule is CCC(c1cc(Cl)cc2c1OCC2)n1cnnn1. The first-order valence-corrected chi connectivity index (χ1v) is 6.35. The molecule has 0 aliphatic carbocycles. The van der Waals surface area contributed by atoms with Gasteiger partial charge in [-0.2, -0.15) is 0 Å². The van der Waals surface area contributed by atoms with Gasteiger partial charge in [0.1, 0.15) is 12.1 Å². The second-order valence-corrected chi connectivity index (χ2v) is 4.73. The monoisotopic (exact) mass is 264 g/mol. The van der Waals surface area contributed by atoms with Crippen LogP contribution in [0, 0.1) is 0 Å². The predicted molar refractivity (Wildman–Crippen MR) is 66.9 cm³/mol. The number of ether oxygens (including phenoxy) is 1. The minimum absolute atomic E-state index is 0.0607. The van der Waals surface area contributed by atoms with Crippen LogP contribution < -0.4 is 4.74 Å². The number of tetrazole rings is 1. The van der Waals surface area contributed by atoms with E-state index in [1.165, 1.54) is 5.56 Å². The van der Waals surface area contributed by atoms with E-state index in [9.17, 15) is 0 Å². The van der Waals surface area contributed by atoms with Gasteiger partial charge in [0.15, 0.2) is 0 Å². The molecule has 0 bridgehead atoms. The molecule has 1 unspecified atom stereocenters. The number of benzene rings is 1. The van der Waals surface area contributed by atoms with Gasteiger partial charge in [0, 0.05) is 17.0 Å². The van der Waals surface area contributed by atoms with E-state index in [2.05, 4.69) is 22.4 Å². The number of hydrogen-bond donors (Lipinski definition) is 0. The molecule has 1 aliphatic heterocycles. The molecule has 6 heteroatoms. The zero-order chi connectivity index (χ0) is 12.5. The summed E-state index contributed by atoms with van der Waals surface area (Å²) in [6.45, 7) is 2.81. The zero-order valence-corrected chi connectivity index (χ0v) is 10.8. The average molecular weight is 265 g/mol. The Balaban J connectivity index is 2.10. The molecule has 0 fully saturated rings. The highest BCUT2D eigenvalue weighted by molar-refractivity contribution is 6.30. The van der Waals surface area contributed by atoms with E-state index in [0.717, 1.165) is 29.2 Å². The molecule has 94 valence electrons. The summed E-state index contributed by atoms with van der Waals surface area (Å²) in [7, 11) is 0. The van der Waals surface area contributed by atoms with Crippen LogP contribution in [0.15, 0.2) is 18.5 Å². The molecule has 1 aromatic carbocycles. The molecule has 3 rings (SSSR count). The first kappa shape index (κ1) is 11.5. The third kappa shape index (κ3) is 1.84. The van der Waals surface area contributed by atoms with Crippen LogP contribution in [0.3, 0.4) is 0 Å². The van der Waals surface area contributed by atoms with Gasteiger partial charge in [0.05, 0.1) is 12.6 Å². The Kier molecular flexibility index (Phi) is 2.91. The topological polar surface area (TPSA) is 52.8 Å². The van der Waals surface area contributed by atoms with Gasteiger partial charge in [-0.25, -0.2) is 4.68 Å². The fourth-order valence-corrected chi connectivity index (χ4v) is 2.66. The number of fused-ring (bicyclic) bond motifs is 1. The minimum atomic E-state index is 0.0607. The van der Waals surface area contributed by atoms with Gasteiger partial charge in [-0.1, -0.05) is 18.5 Å². The molecule has 0 radical (unpaired) electrons. The number of halogens is 1. The number of rotatable bonds is 3. The average Bonchev–Trinajstić information content (AvgIpc) is 2.99. The summed E-state index contributed by atoms with van der Waals surface area (Å²) in [5, 5.41) is 12.1. The Morgan fingerprint density at radius 1 is 1.50 bits per heavy atom. The zero-order valence-electron chi connectivity index (χ0n) is 10.0. The van der Waals surface area contributed by atoms with Crippen LogP contribution in [0.25, 0.3) is 0 Å². The highest BCUT2D eigenvalue weighted by Gasteiger charge is 2.24. The molecule has 5 nitrogen and oxygen atoms in total. The maximum Gasteiger partial charge on any atom is 0.138 e. The normalized spacial score (nSPS) is 15.2. The summed E-state index contributed by atoms with van der Waals surface area (Å²) in [6.07, 6.45) is 3.41. The fourth-order valence-electron chi connectivity index (χ4n) is 2.41. The van der Waals surface area contributed by atoms with Gasteiger partial charge >= 0.3 is 0 Å². The van der Waals surface area contributed by atoms with E-state index in [1.54, 1.807) is 11.0 Å². The highest BCUT2D eigenvalue weighted by atomic mass is 35.5. The van der Waals surface area contributed by atoms with Crippen molar-refractivity contribution in [3.8, 4) is 5.75 Å². The van der Waals surface area contributed by atoms with Crippen LogP contribution in [0.2, 0.25) is 5.02 Å². The van der Waals surface area contributed by atoms with Crippen molar-refractivity contribution in [2.45, 2.75) is 25.8 Å². The van der Waals surface area contributed by atoms with Gasteiger partial charge in [0.25, 0.3) is 0 Å². The summed E-state index contributed by atoms with van der Waals surface area (Å²) in [5.41, 5.74) is 2.23. The molecule has 0 amide bonds. The second-order valence-electron chi connectivity index (χ2n) is 4.30.